The highest BCUT2D eigenvalue weighted by molar-refractivity contribution is 5.92. The lowest BCUT2D eigenvalue weighted by Crippen LogP contribution is -2.37. The number of likely N-dealkylation sites (N-methyl/N-ethyl adjacent to an activating group) is 1. The van der Waals surface area contributed by atoms with E-state index in [1.165, 1.54) is 11.1 Å². The van der Waals surface area contributed by atoms with Gasteiger partial charge in [0, 0.05) is 25.8 Å². The zero-order valence-electron chi connectivity index (χ0n) is 19.5. The molecule has 168 valence electrons. The zero-order chi connectivity index (χ0) is 22.6. The zero-order valence-corrected chi connectivity index (χ0v) is 19.5. The van der Waals surface area contributed by atoms with Crippen LogP contribution in [0.15, 0.2) is 53.5 Å². The Hall–Kier alpha value is -2.86. The number of hydrogen-bond donors (Lipinski definition) is 3. The van der Waals surface area contributed by atoms with Crippen LogP contribution in [0.1, 0.15) is 42.9 Å². The maximum absolute atomic E-state index is 11.9. The van der Waals surface area contributed by atoms with Crippen LogP contribution in [0, 0.1) is 0 Å². The fourth-order valence-corrected chi connectivity index (χ4v) is 3.22. The Labute approximate surface area is 187 Å². The molecule has 0 aliphatic heterocycles. The lowest BCUT2D eigenvalue weighted by atomic mass is 10.0. The van der Waals surface area contributed by atoms with Gasteiger partial charge in [0.1, 0.15) is 0 Å². The largest absolute Gasteiger partial charge is 0.356 e. The second kappa shape index (κ2) is 12.7. The van der Waals surface area contributed by atoms with Gasteiger partial charge in [0.05, 0.1) is 6.54 Å². The molecule has 0 spiro atoms. The van der Waals surface area contributed by atoms with Crippen molar-refractivity contribution in [2.45, 2.75) is 39.2 Å². The highest BCUT2D eigenvalue weighted by Gasteiger charge is 2.05. The second-order valence-electron chi connectivity index (χ2n) is 8.34. The van der Waals surface area contributed by atoms with Crippen molar-refractivity contribution in [2.24, 2.45) is 4.99 Å². The van der Waals surface area contributed by atoms with E-state index in [-0.39, 0.29) is 5.91 Å². The lowest BCUT2D eigenvalue weighted by molar-refractivity contribution is -0.116. The maximum Gasteiger partial charge on any atom is 0.238 e. The molecule has 3 N–H and O–H groups in total. The summed E-state index contributed by atoms with van der Waals surface area (Å²) in [5.74, 6) is 1.32. The van der Waals surface area contributed by atoms with Crippen molar-refractivity contribution in [3.05, 3.63) is 65.2 Å². The summed E-state index contributed by atoms with van der Waals surface area (Å²) in [5.41, 5.74) is 4.63. The average Bonchev–Trinajstić information content (AvgIpc) is 2.73. The van der Waals surface area contributed by atoms with Crippen molar-refractivity contribution in [3.8, 4) is 0 Å². The van der Waals surface area contributed by atoms with Gasteiger partial charge in [-0.2, -0.15) is 0 Å². The summed E-state index contributed by atoms with van der Waals surface area (Å²) in [6.45, 7) is 6.28. The smallest absolute Gasteiger partial charge is 0.238 e. The Balaban J connectivity index is 1.74. The second-order valence-corrected chi connectivity index (χ2v) is 8.34. The molecule has 6 heteroatoms. The SMILES string of the molecule is CN=C(NCCCc1ccc(C(C)C)cc1)NCc1cccc(NC(=O)CN(C)C)c1. The molecule has 0 bridgehead atoms. The molecule has 2 rings (SSSR count). The quantitative estimate of drug-likeness (QED) is 0.310. The van der Waals surface area contributed by atoms with Gasteiger partial charge in [-0.3, -0.25) is 9.79 Å². The van der Waals surface area contributed by atoms with Gasteiger partial charge in [0.2, 0.25) is 5.91 Å². The Morgan fingerprint density at radius 3 is 2.42 bits per heavy atom. The van der Waals surface area contributed by atoms with E-state index in [2.05, 4.69) is 59.1 Å². The number of nitrogens with one attached hydrogen (secondary N) is 3. The fourth-order valence-electron chi connectivity index (χ4n) is 3.22. The summed E-state index contributed by atoms with van der Waals surface area (Å²) in [5, 5.41) is 9.63. The van der Waals surface area contributed by atoms with E-state index in [9.17, 15) is 4.79 Å². The molecule has 0 saturated carbocycles. The standard InChI is InChI=1S/C25H37N5O/c1-19(2)22-13-11-20(12-14-22)9-7-15-27-25(26-3)28-17-21-8-6-10-23(16-21)29-24(31)18-30(4)5/h6,8,10-14,16,19H,7,9,15,17-18H2,1-5H3,(H,29,31)(H2,26,27,28). The third kappa shape index (κ3) is 9.22. The number of aryl methyl sites for hydroxylation is 1. The van der Waals surface area contributed by atoms with Crippen molar-refractivity contribution in [1.82, 2.24) is 15.5 Å². The van der Waals surface area contributed by atoms with Crippen molar-refractivity contribution in [3.63, 3.8) is 0 Å². The molecule has 2 aromatic rings. The molecule has 0 unspecified atom stereocenters. The summed E-state index contributed by atoms with van der Waals surface area (Å²) in [4.78, 5) is 18.1. The number of anilines is 1. The maximum atomic E-state index is 11.9. The predicted octanol–water partition coefficient (Wildman–Crippen LogP) is 3.61. The Morgan fingerprint density at radius 1 is 1.03 bits per heavy atom. The number of aliphatic imine (C=N–C) groups is 1. The van der Waals surface area contributed by atoms with Gasteiger partial charge in [-0.25, -0.2) is 0 Å². The van der Waals surface area contributed by atoms with Crippen LogP contribution in [0.3, 0.4) is 0 Å². The van der Waals surface area contributed by atoms with E-state index in [4.69, 9.17) is 0 Å². The molecule has 0 radical (unpaired) electrons. The number of rotatable bonds is 10. The topological polar surface area (TPSA) is 68.8 Å². The lowest BCUT2D eigenvalue weighted by Gasteiger charge is -2.13. The number of guanidine groups is 1. The van der Waals surface area contributed by atoms with E-state index in [0.717, 1.165) is 36.6 Å². The van der Waals surface area contributed by atoms with Gasteiger partial charge >= 0.3 is 0 Å². The Kier molecular flexibility index (Phi) is 10.0. The molecule has 0 aliphatic rings. The van der Waals surface area contributed by atoms with Crippen LogP contribution in [0.5, 0.6) is 0 Å². The number of carbonyl (C=O) groups excluding carboxylic acids is 1. The minimum atomic E-state index is -0.0218. The van der Waals surface area contributed by atoms with Gasteiger partial charge in [-0.15, -0.1) is 0 Å². The van der Waals surface area contributed by atoms with Crippen LogP contribution in [0.2, 0.25) is 0 Å². The monoisotopic (exact) mass is 423 g/mol. The van der Waals surface area contributed by atoms with Crippen LogP contribution in [0.4, 0.5) is 5.69 Å². The molecular formula is C25H37N5O. The summed E-state index contributed by atoms with van der Waals surface area (Å²) in [7, 11) is 5.53. The van der Waals surface area contributed by atoms with E-state index in [1.807, 2.05) is 43.3 Å². The molecule has 0 heterocycles. The van der Waals surface area contributed by atoms with Crippen LogP contribution < -0.4 is 16.0 Å². The molecule has 2 aromatic carbocycles. The van der Waals surface area contributed by atoms with Crippen LogP contribution in [0.25, 0.3) is 0 Å². The molecule has 0 aliphatic carbocycles. The van der Waals surface area contributed by atoms with Gasteiger partial charge in [0.15, 0.2) is 5.96 Å². The third-order valence-electron chi connectivity index (χ3n) is 4.94. The van der Waals surface area contributed by atoms with Crippen LogP contribution >= 0.6 is 0 Å². The van der Waals surface area contributed by atoms with Gasteiger partial charge in [-0.1, -0.05) is 50.2 Å². The van der Waals surface area contributed by atoms with E-state index < -0.39 is 0 Å². The van der Waals surface area contributed by atoms with E-state index in [0.29, 0.717) is 19.0 Å². The number of hydrogen-bond acceptors (Lipinski definition) is 3. The third-order valence-corrected chi connectivity index (χ3v) is 4.94. The highest BCUT2D eigenvalue weighted by Crippen LogP contribution is 2.15. The van der Waals surface area contributed by atoms with Crippen molar-refractivity contribution >= 4 is 17.6 Å². The number of carbonyl (C=O) groups is 1. The number of amides is 1. The van der Waals surface area contributed by atoms with Crippen molar-refractivity contribution < 1.29 is 4.79 Å². The minimum absolute atomic E-state index is 0.0218. The molecular weight excluding hydrogens is 386 g/mol. The molecule has 6 nitrogen and oxygen atoms in total. The summed E-state index contributed by atoms with van der Waals surface area (Å²) in [6.07, 6.45) is 2.08. The molecule has 1 amide bonds. The van der Waals surface area contributed by atoms with E-state index in [1.54, 1.807) is 7.05 Å². The van der Waals surface area contributed by atoms with Gasteiger partial charge in [0.25, 0.3) is 0 Å². The molecule has 31 heavy (non-hydrogen) atoms. The number of benzene rings is 2. The van der Waals surface area contributed by atoms with Gasteiger partial charge < -0.3 is 20.9 Å². The first kappa shape index (κ1) is 24.4. The number of nitrogens with zero attached hydrogens (tertiary/aromatic N) is 2. The first-order valence-corrected chi connectivity index (χ1v) is 10.9. The fraction of sp³-hybridized carbons (Fsp3) is 0.440. The molecule has 0 atom stereocenters. The Bertz CT molecular complexity index is 843. The van der Waals surface area contributed by atoms with Gasteiger partial charge in [-0.05, 0) is 61.7 Å². The van der Waals surface area contributed by atoms with Crippen molar-refractivity contribution in [2.75, 3.05) is 39.5 Å². The van der Waals surface area contributed by atoms with Crippen molar-refractivity contribution in [1.29, 1.82) is 0 Å². The first-order valence-electron chi connectivity index (χ1n) is 10.9. The molecule has 0 aromatic heterocycles. The normalized spacial score (nSPS) is 11.6. The summed E-state index contributed by atoms with van der Waals surface area (Å²) >= 11 is 0. The summed E-state index contributed by atoms with van der Waals surface area (Å²) in [6, 6.07) is 16.8. The van der Waals surface area contributed by atoms with Crippen LogP contribution in [-0.2, 0) is 17.8 Å². The highest BCUT2D eigenvalue weighted by atomic mass is 16.2. The van der Waals surface area contributed by atoms with Crippen LogP contribution in [-0.4, -0.2) is 51.0 Å². The first-order chi connectivity index (χ1) is 14.9. The Morgan fingerprint density at radius 2 is 1.77 bits per heavy atom. The summed E-state index contributed by atoms with van der Waals surface area (Å²) < 4.78 is 0. The van der Waals surface area contributed by atoms with E-state index >= 15 is 0 Å². The predicted molar refractivity (Wildman–Crippen MR) is 131 cm³/mol. The molecule has 0 fully saturated rings. The average molecular weight is 424 g/mol. The molecule has 0 saturated heterocycles. The minimum Gasteiger partial charge on any atom is -0.356 e.